The molecule has 0 radical (unpaired) electrons. The maximum atomic E-state index is 12.7. The summed E-state index contributed by atoms with van der Waals surface area (Å²) in [5.74, 6) is 0.763. The van der Waals surface area contributed by atoms with E-state index in [4.69, 9.17) is 9.47 Å². The number of carbonyl (C=O) groups is 2. The number of amides is 2. The smallest absolute Gasteiger partial charge is 0.241 e. The van der Waals surface area contributed by atoms with Crippen LogP contribution >= 0.6 is 0 Å². The number of hydrogen-bond acceptors (Lipinski definition) is 5. The molecule has 2 aromatic rings. The maximum Gasteiger partial charge on any atom is 0.241 e. The second kappa shape index (κ2) is 11.1. The molecule has 7 nitrogen and oxygen atoms in total. The van der Waals surface area contributed by atoms with Gasteiger partial charge in [0.25, 0.3) is 0 Å². The van der Waals surface area contributed by atoms with Crippen molar-refractivity contribution >= 4 is 23.2 Å². The fraction of sp³-hybridized carbons (Fsp3) is 0.364. The van der Waals surface area contributed by atoms with E-state index in [1.165, 1.54) is 7.11 Å². The number of hydrogen-bond donors (Lipinski definition) is 2. The number of benzene rings is 2. The lowest BCUT2D eigenvalue weighted by atomic mass is 10.2. The number of para-hydroxylation sites is 1. The third-order valence-corrected chi connectivity index (χ3v) is 4.51. The molecule has 2 amide bonds. The highest BCUT2D eigenvalue weighted by Gasteiger charge is 2.23. The molecule has 2 aromatic carbocycles. The van der Waals surface area contributed by atoms with Gasteiger partial charge in [-0.05, 0) is 44.2 Å². The second-order valence-electron chi connectivity index (χ2n) is 6.62. The highest BCUT2D eigenvalue weighted by Crippen LogP contribution is 2.28. The molecule has 0 saturated heterocycles. The number of carbonyl (C=O) groups excluding carboxylic acids is 2. The molecule has 0 saturated carbocycles. The third-order valence-electron chi connectivity index (χ3n) is 4.51. The Balaban J connectivity index is 2.05. The Morgan fingerprint density at radius 1 is 1.03 bits per heavy atom. The average molecular weight is 399 g/mol. The lowest BCUT2D eigenvalue weighted by Gasteiger charge is -2.27. The molecule has 29 heavy (non-hydrogen) atoms. The van der Waals surface area contributed by atoms with E-state index in [0.29, 0.717) is 23.7 Å². The predicted molar refractivity (Wildman–Crippen MR) is 115 cm³/mol. The van der Waals surface area contributed by atoms with Gasteiger partial charge in [0.1, 0.15) is 11.5 Å². The topological polar surface area (TPSA) is 79.9 Å². The van der Waals surface area contributed by atoms with Crippen molar-refractivity contribution in [3.63, 3.8) is 0 Å². The van der Waals surface area contributed by atoms with E-state index in [1.54, 1.807) is 32.2 Å². The minimum Gasteiger partial charge on any atom is -0.497 e. The van der Waals surface area contributed by atoms with Crippen LogP contribution < -0.4 is 20.1 Å². The number of nitrogens with one attached hydrogen (secondary N) is 2. The van der Waals surface area contributed by atoms with E-state index in [-0.39, 0.29) is 18.4 Å². The van der Waals surface area contributed by atoms with E-state index in [2.05, 4.69) is 10.6 Å². The Kier molecular flexibility index (Phi) is 8.48. The van der Waals surface area contributed by atoms with Crippen molar-refractivity contribution in [2.75, 3.05) is 37.9 Å². The minimum absolute atomic E-state index is 0.0809. The van der Waals surface area contributed by atoms with Crippen LogP contribution in [-0.2, 0) is 9.59 Å². The number of ether oxygens (including phenoxy) is 2. The monoisotopic (exact) mass is 399 g/mol. The van der Waals surface area contributed by atoms with Gasteiger partial charge in [-0.25, -0.2) is 0 Å². The van der Waals surface area contributed by atoms with Crippen molar-refractivity contribution in [2.45, 2.75) is 26.3 Å². The maximum absolute atomic E-state index is 12.7. The molecular formula is C22H29N3O4. The first-order valence-corrected chi connectivity index (χ1v) is 9.60. The summed E-state index contributed by atoms with van der Waals surface area (Å²) in [7, 11) is 3.10. The zero-order chi connectivity index (χ0) is 21.2. The number of methoxy groups -OCH3 is 2. The summed E-state index contributed by atoms with van der Waals surface area (Å²) in [4.78, 5) is 27.1. The van der Waals surface area contributed by atoms with E-state index in [9.17, 15) is 9.59 Å². The molecule has 0 aliphatic heterocycles. The van der Waals surface area contributed by atoms with E-state index >= 15 is 0 Å². The lowest BCUT2D eigenvalue weighted by Crippen LogP contribution is -2.46. The molecule has 1 atom stereocenters. The van der Waals surface area contributed by atoms with Crippen LogP contribution in [0, 0.1) is 0 Å². The molecule has 1 unspecified atom stereocenters. The van der Waals surface area contributed by atoms with Gasteiger partial charge in [-0.1, -0.05) is 25.1 Å². The van der Waals surface area contributed by atoms with Crippen molar-refractivity contribution in [2.24, 2.45) is 0 Å². The van der Waals surface area contributed by atoms with Crippen molar-refractivity contribution in [3.8, 4) is 11.5 Å². The standard InChI is InChI=1S/C22H29N3O4/c1-5-13-25(16(2)22(27)23-17-9-7-6-8-10-17)15-21(26)24-19-14-18(28-3)11-12-20(19)29-4/h6-12,14,16H,5,13,15H2,1-4H3,(H,23,27)(H,24,26). The van der Waals surface area contributed by atoms with Gasteiger partial charge in [0, 0.05) is 11.8 Å². The van der Waals surface area contributed by atoms with Gasteiger partial charge >= 0.3 is 0 Å². The summed E-state index contributed by atoms with van der Waals surface area (Å²) < 4.78 is 10.5. The Labute approximate surface area is 172 Å². The Morgan fingerprint density at radius 2 is 1.76 bits per heavy atom. The summed E-state index contributed by atoms with van der Waals surface area (Å²) in [5.41, 5.74) is 1.25. The molecule has 7 heteroatoms. The molecule has 0 aliphatic rings. The molecule has 156 valence electrons. The van der Waals surface area contributed by atoms with E-state index in [0.717, 1.165) is 12.1 Å². The first-order valence-electron chi connectivity index (χ1n) is 9.60. The fourth-order valence-corrected chi connectivity index (χ4v) is 2.92. The second-order valence-corrected chi connectivity index (χ2v) is 6.62. The number of rotatable bonds is 10. The van der Waals surface area contributed by atoms with Crippen LogP contribution in [0.15, 0.2) is 48.5 Å². The molecular weight excluding hydrogens is 370 g/mol. The molecule has 2 N–H and O–H groups in total. The van der Waals surface area contributed by atoms with Gasteiger partial charge in [-0.3, -0.25) is 14.5 Å². The predicted octanol–water partition coefficient (Wildman–Crippen LogP) is 3.38. The molecule has 0 aliphatic carbocycles. The highest BCUT2D eigenvalue weighted by atomic mass is 16.5. The summed E-state index contributed by atoms with van der Waals surface area (Å²) in [6, 6.07) is 14.0. The molecule has 0 heterocycles. The molecule has 0 aromatic heterocycles. The number of anilines is 2. The van der Waals surface area contributed by atoms with Crippen LogP contribution in [0.3, 0.4) is 0 Å². The lowest BCUT2D eigenvalue weighted by molar-refractivity contribution is -0.123. The van der Waals surface area contributed by atoms with Crippen LogP contribution in [-0.4, -0.2) is 50.1 Å². The molecule has 0 fully saturated rings. The van der Waals surface area contributed by atoms with Crippen LogP contribution in [0.4, 0.5) is 11.4 Å². The van der Waals surface area contributed by atoms with Crippen molar-refractivity contribution in [1.29, 1.82) is 0 Å². The first kappa shape index (κ1) is 22.2. The van der Waals surface area contributed by atoms with Gasteiger partial charge in [0.15, 0.2) is 0 Å². The van der Waals surface area contributed by atoms with Gasteiger partial charge < -0.3 is 20.1 Å². The first-order chi connectivity index (χ1) is 14.0. The SMILES string of the molecule is CCCN(CC(=O)Nc1cc(OC)ccc1OC)C(C)C(=O)Nc1ccccc1. The zero-order valence-electron chi connectivity index (χ0n) is 17.4. The minimum atomic E-state index is -0.465. The fourth-order valence-electron chi connectivity index (χ4n) is 2.92. The van der Waals surface area contributed by atoms with Crippen LogP contribution in [0.2, 0.25) is 0 Å². The van der Waals surface area contributed by atoms with Crippen LogP contribution in [0.5, 0.6) is 11.5 Å². The van der Waals surface area contributed by atoms with Crippen LogP contribution in [0.1, 0.15) is 20.3 Å². The third kappa shape index (κ3) is 6.50. The quantitative estimate of drug-likeness (QED) is 0.640. The van der Waals surface area contributed by atoms with Gasteiger partial charge in [0.05, 0.1) is 32.5 Å². The van der Waals surface area contributed by atoms with Gasteiger partial charge in [0.2, 0.25) is 11.8 Å². The Hall–Kier alpha value is -3.06. The summed E-state index contributed by atoms with van der Waals surface area (Å²) in [6.07, 6.45) is 0.818. The molecule has 0 bridgehead atoms. The van der Waals surface area contributed by atoms with E-state index < -0.39 is 6.04 Å². The summed E-state index contributed by atoms with van der Waals surface area (Å²) in [6.45, 7) is 4.51. The van der Waals surface area contributed by atoms with Gasteiger partial charge in [-0.15, -0.1) is 0 Å². The highest BCUT2D eigenvalue weighted by molar-refractivity contribution is 5.96. The molecule has 2 rings (SSSR count). The van der Waals surface area contributed by atoms with Crippen LogP contribution in [0.25, 0.3) is 0 Å². The molecule has 0 spiro atoms. The summed E-state index contributed by atoms with van der Waals surface area (Å²) >= 11 is 0. The summed E-state index contributed by atoms with van der Waals surface area (Å²) in [5, 5.41) is 5.74. The largest absolute Gasteiger partial charge is 0.497 e. The zero-order valence-corrected chi connectivity index (χ0v) is 17.4. The van der Waals surface area contributed by atoms with Crippen molar-refractivity contribution in [1.82, 2.24) is 4.90 Å². The van der Waals surface area contributed by atoms with E-state index in [1.807, 2.05) is 42.2 Å². The Bertz CT molecular complexity index is 811. The Morgan fingerprint density at radius 3 is 2.38 bits per heavy atom. The van der Waals surface area contributed by atoms with Gasteiger partial charge in [-0.2, -0.15) is 0 Å². The average Bonchev–Trinajstić information content (AvgIpc) is 2.73. The number of nitrogens with zero attached hydrogens (tertiary/aromatic N) is 1. The normalized spacial score (nSPS) is 11.6. The van der Waals surface area contributed by atoms with Crippen molar-refractivity contribution < 1.29 is 19.1 Å². The van der Waals surface area contributed by atoms with Crippen molar-refractivity contribution in [3.05, 3.63) is 48.5 Å².